The van der Waals surface area contributed by atoms with Gasteiger partial charge >= 0.3 is 0 Å². The summed E-state index contributed by atoms with van der Waals surface area (Å²) in [6, 6.07) is 0.299. The fourth-order valence-corrected chi connectivity index (χ4v) is 3.20. The summed E-state index contributed by atoms with van der Waals surface area (Å²) in [7, 11) is 0. The zero-order valence-electron chi connectivity index (χ0n) is 12.4. The van der Waals surface area contributed by atoms with Crippen LogP contribution in [0.25, 0.3) is 0 Å². The number of rotatable bonds is 4. The molecule has 21 heavy (non-hydrogen) atoms. The average Bonchev–Trinajstić information content (AvgIpc) is 2.72. The Bertz CT molecular complexity index is 447. The molecule has 0 radical (unpaired) electrons. The van der Waals surface area contributed by atoms with E-state index < -0.39 is 0 Å². The lowest BCUT2D eigenvalue weighted by molar-refractivity contribution is -0.117. The van der Waals surface area contributed by atoms with Gasteiger partial charge in [-0.25, -0.2) is 4.98 Å². The van der Waals surface area contributed by atoms with Gasteiger partial charge in [0.15, 0.2) is 5.13 Å². The number of likely N-dealkylation sites (tertiary alicyclic amines) is 1. The molecule has 1 saturated heterocycles. The molecule has 122 valence electrons. The molecule has 1 aromatic heterocycles. The topological polar surface area (TPSA) is 71.2 Å². The van der Waals surface area contributed by atoms with Gasteiger partial charge in [-0.05, 0) is 26.2 Å². The SMILES string of the molecule is CCc1nc(NC(=O)CN2CCC(N)CC2)sc1C.Cl.Cl. The van der Waals surface area contributed by atoms with E-state index in [2.05, 4.69) is 22.1 Å². The van der Waals surface area contributed by atoms with Gasteiger partial charge in [0.05, 0.1) is 12.2 Å². The average molecular weight is 355 g/mol. The van der Waals surface area contributed by atoms with Gasteiger partial charge in [0.1, 0.15) is 0 Å². The highest BCUT2D eigenvalue weighted by molar-refractivity contribution is 7.15. The molecule has 0 unspecified atom stereocenters. The third-order valence-corrected chi connectivity index (χ3v) is 4.40. The number of nitrogens with two attached hydrogens (primary N) is 1. The van der Waals surface area contributed by atoms with Crippen LogP contribution in [0.5, 0.6) is 0 Å². The summed E-state index contributed by atoms with van der Waals surface area (Å²) < 4.78 is 0. The Morgan fingerprint density at radius 2 is 2.05 bits per heavy atom. The highest BCUT2D eigenvalue weighted by Gasteiger charge is 2.18. The van der Waals surface area contributed by atoms with Gasteiger partial charge in [-0.1, -0.05) is 6.92 Å². The standard InChI is InChI=1S/C13H22N4OS.2ClH/c1-3-11-9(2)19-13(15-11)16-12(18)8-17-6-4-10(14)5-7-17;;/h10H,3-8,14H2,1-2H3,(H,15,16,18);2*1H. The lowest BCUT2D eigenvalue weighted by Gasteiger charge is -2.29. The van der Waals surface area contributed by atoms with Gasteiger partial charge in [-0.3, -0.25) is 9.69 Å². The minimum absolute atomic E-state index is 0. The van der Waals surface area contributed by atoms with Crippen LogP contribution in [0, 0.1) is 6.92 Å². The van der Waals surface area contributed by atoms with Crippen LogP contribution in [0.1, 0.15) is 30.3 Å². The predicted octanol–water partition coefficient (Wildman–Crippen LogP) is 2.22. The number of hydrogen-bond donors (Lipinski definition) is 2. The van der Waals surface area contributed by atoms with Gasteiger partial charge in [-0.15, -0.1) is 36.2 Å². The smallest absolute Gasteiger partial charge is 0.240 e. The second kappa shape index (κ2) is 9.58. The number of piperidine rings is 1. The summed E-state index contributed by atoms with van der Waals surface area (Å²) in [5.74, 6) is 0.0203. The van der Waals surface area contributed by atoms with Crippen LogP contribution < -0.4 is 11.1 Å². The second-order valence-electron chi connectivity index (χ2n) is 5.04. The third-order valence-electron chi connectivity index (χ3n) is 3.47. The lowest BCUT2D eigenvalue weighted by Crippen LogP contribution is -2.43. The van der Waals surface area contributed by atoms with E-state index in [-0.39, 0.29) is 30.7 Å². The number of nitrogens with one attached hydrogen (secondary N) is 1. The van der Waals surface area contributed by atoms with E-state index in [1.54, 1.807) is 11.3 Å². The number of nitrogens with zero attached hydrogens (tertiary/aromatic N) is 2. The van der Waals surface area contributed by atoms with Crippen molar-refractivity contribution in [1.82, 2.24) is 9.88 Å². The largest absolute Gasteiger partial charge is 0.328 e. The first-order valence-corrected chi connectivity index (χ1v) is 7.64. The molecule has 1 aromatic rings. The molecule has 5 nitrogen and oxygen atoms in total. The van der Waals surface area contributed by atoms with Crippen molar-refractivity contribution in [1.29, 1.82) is 0 Å². The van der Waals surface area contributed by atoms with Crippen LogP contribution in [-0.2, 0) is 11.2 Å². The maximum absolute atomic E-state index is 12.0. The van der Waals surface area contributed by atoms with Gasteiger partial charge in [0.25, 0.3) is 0 Å². The number of carbonyl (C=O) groups is 1. The van der Waals surface area contributed by atoms with Crippen molar-refractivity contribution in [3.8, 4) is 0 Å². The van der Waals surface area contributed by atoms with E-state index in [1.165, 1.54) is 4.88 Å². The van der Waals surface area contributed by atoms with E-state index in [4.69, 9.17) is 5.73 Å². The number of anilines is 1. The summed E-state index contributed by atoms with van der Waals surface area (Å²) >= 11 is 1.55. The fraction of sp³-hybridized carbons (Fsp3) is 0.692. The first kappa shape index (κ1) is 20.6. The van der Waals surface area contributed by atoms with Crippen LogP contribution in [-0.4, -0.2) is 41.5 Å². The molecule has 1 aliphatic rings. The van der Waals surface area contributed by atoms with E-state index in [0.717, 1.165) is 38.0 Å². The number of aryl methyl sites for hydroxylation is 2. The number of carbonyl (C=O) groups excluding carboxylic acids is 1. The Labute approximate surface area is 142 Å². The van der Waals surface area contributed by atoms with Crippen molar-refractivity contribution < 1.29 is 4.79 Å². The van der Waals surface area contributed by atoms with Gasteiger partial charge in [-0.2, -0.15) is 0 Å². The number of aromatic nitrogens is 1. The van der Waals surface area contributed by atoms with Crippen LogP contribution >= 0.6 is 36.2 Å². The Kier molecular flexibility index (Phi) is 9.40. The molecule has 1 aliphatic heterocycles. The zero-order chi connectivity index (χ0) is 13.8. The number of thiazole rings is 1. The molecule has 0 aromatic carbocycles. The second-order valence-corrected chi connectivity index (χ2v) is 6.24. The Hall–Kier alpha value is -0.400. The Balaban J connectivity index is 0.00000200. The monoisotopic (exact) mass is 354 g/mol. The molecular formula is C13H24Cl2N4OS. The maximum atomic E-state index is 12.0. The molecule has 1 amide bonds. The van der Waals surface area contributed by atoms with Crippen molar-refractivity contribution in [2.24, 2.45) is 5.73 Å². The Morgan fingerprint density at radius 1 is 1.43 bits per heavy atom. The number of amides is 1. The molecule has 2 heterocycles. The molecule has 0 atom stereocenters. The minimum atomic E-state index is 0. The van der Waals surface area contributed by atoms with E-state index >= 15 is 0 Å². The first-order chi connectivity index (χ1) is 9.08. The summed E-state index contributed by atoms with van der Waals surface area (Å²) in [6.45, 7) is 6.37. The van der Waals surface area contributed by atoms with Gasteiger partial charge < -0.3 is 11.1 Å². The maximum Gasteiger partial charge on any atom is 0.240 e. The summed E-state index contributed by atoms with van der Waals surface area (Å²) in [5, 5.41) is 3.61. The first-order valence-electron chi connectivity index (χ1n) is 6.82. The van der Waals surface area contributed by atoms with Crippen LogP contribution in [0.2, 0.25) is 0 Å². The highest BCUT2D eigenvalue weighted by atomic mass is 35.5. The van der Waals surface area contributed by atoms with Crippen molar-refractivity contribution in [3.63, 3.8) is 0 Å². The molecule has 2 rings (SSSR count). The highest BCUT2D eigenvalue weighted by Crippen LogP contribution is 2.22. The summed E-state index contributed by atoms with van der Waals surface area (Å²) in [5.41, 5.74) is 6.92. The molecule has 0 bridgehead atoms. The number of halogens is 2. The zero-order valence-corrected chi connectivity index (χ0v) is 14.9. The van der Waals surface area contributed by atoms with Crippen LogP contribution in [0.15, 0.2) is 0 Å². The van der Waals surface area contributed by atoms with Crippen molar-refractivity contribution in [2.45, 2.75) is 39.2 Å². The lowest BCUT2D eigenvalue weighted by atomic mass is 10.1. The quantitative estimate of drug-likeness (QED) is 0.869. The summed E-state index contributed by atoms with van der Waals surface area (Å²) in [4.78, 5) is 19.7. The molecular weight excluding hydrogens is 331 g/mol. The van der Waals surface area contributed by atoms with E-state index in [1.807, 2.05) is 6.92 Å². The molecule has 1 fully saturated rings. The van der Waals surface area contributed by atoms with Crippen molar-refractivity contribution in [3.05, 3.63) is 10.6 Å². The van der Waals surface area contributed by atoms with Crippen molar-refractivity contribution >= 4 is 47.2 Å². The number of hydrogen-bond acceptors (Lipinski definition) is 5. The molecule has 3 N–H and O–H groups in total. The predicted molar refractivity (Wildman–Crippen MR) is 93.0 cm³/mol. The molecule has 0 spiro atoms. The van der Waals surface area contributed by atoms with E-state index in [9.17, 15) is 4.79 Å². The molecule has 0 aliphatic carbocycles. The normalized spacial score (nSPS) is 16.0. The summed E-state index contributed by atoms with van der Waals surface area (Å²) in [6.07, 6.45) is 2.86. The van der Waals surface area contributed by atoms with Gasteiger partial charge in [0, 0.05) is 24.0 Å². The fourth-order valence-electron chi connectivity index (χ4n) is 2.28. The molecule has 8 heteroatoms. The van der Waals surface area contributed by atoms with Crippen molar-refractivity contribution in [2.75, 3.05) is 25.0 Å². The van der Waals surface area contributed by atoms with Gasteiger partial charge in [0.2, 0.25) is 5.91 Å². The van der Waals surface area contributed by atoms with E-state index in [0.29, 0.717) is 17.7 Å². The van der Waals surface area contributed by atoms with Crippen LogP contribution in [0.4, 0.5) is 5.13 Å². The molecule has 0 saturated carbocycles. The minimum Gasteiger partial charge on any atom is -0.328 e. The third kappa shape index (κ3) is 6.08. The Morgan fingerprint density at radius 3 is 2.57 bits per heavy atom. The van der Waals surface area contributed by atoms with Crippen LogP contribution in [0.3, 0.4) is 0 Å².